The molecule has 0 bridgehead atoms. The van der Waals surface area contributed by atoms with E-state index < -0.39 is 0 Å². The van der Waals surface area contributed by atoms with E-state index in [1.807, 2.05) is 6.08 Å². The van der Waals surface area contributed by atoms with Crippen molar-refractivity contribution in [3.63, 3.8) is 0 Å². The topological polar surface area (TPSA) is 17.1 Å². The van der Waals surface area contributed by atoms with E-state index in [0.717, 1.165) is 40.4 Å². The Morgan fingerprint density at radius 2 is 1.96 bits per heavy atom. The molecule has 4 aliphatic rings. The van der Waals surface area contributed by atoms with Crippen molar-refractivity contribution in [1.82, 2.24) is 0 Å². The second-order valence-corrected chi connectivity index (χ2v) is 11.0. The van der Waals surface area contributed by atoms with Crippen LogP contribution in [0.2, 0.25) is 0 Å². The van der Waals surface area contributed by atoms with Crippen molar-refractivity contribution >= 4 is 28.4 Å². The van der Waals surface area contributed by atoms with Crippen LogP contribution in [0.1, 0.15) is 59.3 Å². The molecule has 0 radical (unpaired) electrons. The Labute approximate surface area is 154 Å². The minimum absolute atomic E-state index is 0.253. The lowest BCUT2D eigenvalue weighted by atomic mass is 9.48. The van der Waals surface area contributed by atoms with Gasteiger partial charge < -0.3 is 0 Å². The minimum Gasteiger partial charge on any atom is -0.295 e. The summed E-state index contributed by atoms with van der Waals surface area (Å²) in [6.45, 7) is 7.45. The summed E-state index contributed by atoms with van der Waals surface area (Å²) in [5, 5.41) is 0. The minimum atomic E-state index is 0.253. The Kier molecular flexibility index (Phi) is 3.87. The highest BCUT2D eigenvalue weighted by Gasteiger charge is 2.58. The maximum atomic E-state index is 11.9. The van der Waals surface area contributed by atoms with Gasteiger partial charge in [0, 0.05) is 10.3 Å². The van der Waals surface area contributed by atoms with Crippen LogP contribution in [0.5, 0.6) is 0 Å². The summed E-state index contributed by atoms with van der Waals surface area (Å²) in [5.41, 5.74) is 2.12. The van der Waals surface area contributed by atoms with Gasteiger partial charge in [0.05, 0.1) is 0 Å². The molecule has 4 aliphatic carbocycles. The molecule has 1 nitrogen and oxygen atoms in total. The Balaban J connectivity index is 1.71. The Morgan fingerprint density at radius 1 is 1.17 bits per heavy atom. The molecule has 0 aliphatic heterocycles. The summed E-state index contributed by atoms with van der Waals surface area (Å²) < 4.78 is 0.782. The molecule has 2 heteroatoms. The fourth-order valence-corrected chi connectivity index (χ4v) is 7.97. The maximum Gasteiger partial charge on any atom is 0.156 e. The molecule has 4 unspecified atom stereocenters. The van der Waals surface area contributed by atoms with Gasteiger partial charge >= 0.3 is 0 Å². The van der Waals surface area contributed by atoms with E-state index in [1.165, 1.54) is 31.3 Å². The number of carbonyl (C=O) groups excluding carboxylic acids is 1. The Hall–Kier alpha value is -0.120. The number of hydrogen-bond donors (Lipinski definition) is 0. The molecule has 0 aromatic rings. The lowest BCUT2D eigenvalue weighted by Gasteiger charge is -2.56. The first kappa shape index (κ1) is 16.4. The molecule has 0 spiro atoms. The summed E-state index contributed by atoms with van der Waals surface area (Å²) >= 11 is 2.66. The fraction of sp³-hybridized carbons (Fsp3) is 0.762. The van der Waals surface area contributed by atoms with Gasteiger partial charge in [-0.2, -0.15) is 0 Å². The maximum absolute atomic E-state index is 11.9. The van der Waals surface area contributed by atoms with Crippen molar-refractivity contribution in [3.05, 3.63) is 23.8 Å². The summed E-state index contributed by atoms with van der Waals surface area (Å²) in [5.74, 6) is 3.58. The Morgan fingerprint density at radius 3 is 2.70 bits per heavy atom. The molecule has 4 rings (SSSR count). The van der Waals surface area contributed by atoms with Gasteiger partial charge in [0.25, 0.3) is 0 Å². The van der Waals surface area contributed by atoms with Crippen molar-refractivity contribution in [2.45, 2.75) is 63.2 Å². The fourth-order valence-electron chi connectivity index (χ4n) is 6.79. The Bertz CT molecular complexity index is 589. The van der Waals surface area contributed by atoms with E-state index in [9.17, 15) is 4.79 Å². The first-order chi connectivity index (χ1) is 10.9. The summed E-state index contributed by atoms with van der Waals surface area (Å²) in [4.78, 5) is 11.9. The van der Waals surface area contributed by atoms with Crippen LogP contribution in [0.3, 0.4) is 0 Å². The average molecular weight is 424 g/mol. The third-order valence-electron chi connectivity index (χ3n) is 8.14. The molecule has 7 atom stereocenters. The van der Waals surface area contributed by atoms with Crippen LogP contribution in [0, 0.1) is 34.5 Å². The highest BCUT2D eigenvalue weighted by atomic mass is 127. The van der Waals surface area contributed by atoms with Crippen molar-refractivity contribution in [2.75, 3.05) is 0 Å². The lowest BCUT2D eigenvalue weighted by molar-refractivity contribution is -0.116. The zero-order chi connectivity index (χ0) is 16.4. The second kappa shape index (κ2) is 5.44. The largest absolute Gasteiger partial charge is 0.295 e. The highest BCUT2D eigenvalue weighted by Crippen LogP contribution is 2.65. The lowest BCUT2D eigenvalue weighted by Crippen LogP contribution is -2.49. The van der Waals surface area contributed by atoms with Crippen molar-refractivity contribution < 1.29 is 4.79 Å². The molecule has 0 aromatic heterocycles. The number of fused-ring (bicyclic) bond motifs is 5. The standard InChI is InChI=1S/C21H29IO/c1-13(22)17-6-7-18-16-5-4-14-12-15(23)8-10-20(14,2)19(16)9-11-21(17,18)3/h4-5,12-13,16-19H,6-11H2,1-3H3/t13?,16?,17-,18?,19?,20+,21-/m1/s1. The number of alkyl halides is 1. The van der Waals surface area contributed by atoms with Gasteiger partial charge in [-0.15, -0.1) is 0 Å². The predicted octanol–water partition coefficient (Wildman–Crippen LogP) is 5.73. The molecule has 0 aromatic carbocycles. The molecule has 2 fully saturated rings. The van der Waals surface area contributed by atoms with Crippen LogP contribution < -0.4 is 0 Å². The molecule has 2 saturated carbocycles. The molecule has 0 amide bonds. The van der Waals surface area contributed by atoms with Crippen LogP contribution in [0.4, 0.5) is 0 Å². The van der Waals surface area contributed by atoms with E-state index in [-0.39, 0.29) is 5.41 Å². The van der Waals surface area contributed by atoms with E-state index >= 15 is 0 Å². The van der Waals surface area contributed by atoms with Crippen LogP contribution in [-0.4, -0.2) is 9.71 Å². The first-order valence-electron chi connectivity index (χ1n) is 9.43. The molecule has 0 saturated heterocycles. The number of halogens is 1. The number of rotatable bonds is 1. The van der Waals surface area contributed by atoms with E-state index in [4.69, 9.17) is 0 Å². The predicted molar refractivity (Wildman–Crippen MR) is 104 cm³/mol. The van der Waals surface area contributed by atoms with Crippen LogP contribution >= 0.6 is 22.6 Å². The molecule has 23 heavy (non-hydrogen) atoms. The average Bonchev–Trinajstić information content (AvgIpc) is 2.85. The van der Waals surface area contributed by atoms with Gasteiger partial charge in [-0.05, 0) is 78.3 Å². The number of allylic oxidation sites excluding steroid dienone is 4. The first-order valence-corrected chi connectivity index (χ1v) is 10.7. The van der Waals surface area contributed by atoms with Gasteiger partial charge in [0.2, 0.25) is 0 Å². The number of hydrogen-bond acceptors (Lipinski definition) is 1. The van der Waals surface area contributed by atoms with E-state index in [0.29, 0.717) is 11.2 Å². The SMILES string of the molecule is CC(I)[C@H]1CCC2C3C=CC4=CC(=O)CC[C@]4(C)C3CC[C@@]21C. The summed E-state index contributed by atoms with van der Waals surface area (Å²) in [7, 11) is 0. The molecule has 0 heterocycles. The smallest absolute Gasteiger partial charge is 0.156 e. The molecular weight excluding hydrogens is 395 g/mol. The van der Waals surface area contributed by atoms with E-state index in [2.05, 4.69) is 55.5 Å². The molecule has 0 N–H and O–H groups in total. The van der Waals surface area contributed by atoms with Crippen molar-refractivity contribution in [2.24, 2.45) is 34.5 Å². The quantitative estimate of drug-likeness (QED) is 0.388. The monoisotopic (exact) mass is 424 g/mol. The zero-order valence-electron chi connectivity index (χ0n) is 14.6. The van der Waals surface area contributed by atoms with Crippen molar-refractivity contribution in [1.29, 1.82) is 0 Å². The van der Waals surface area contributed by atoms with Crippen molar-refractivity contribution in [3.8, 4) is 0 Å². The van der Waals surface area contributed by atoms with Gasteiger partial charge in [0.15, 0.2) is 5.78 Å². The van der Waals surface area contributed by atoms with Gasteiger partial charge in [-0.1, -0.05) is 55.5 Å². The van der Waals surface area contributed by atoms with Gasteiger partial charge in [-0.3, -0.25) is 4.79 Å². The normalized spacial score (nSPS) is 49.9. The zero-order valence-corrected chi connectivity index (χ0v) is 16.8. The van der Waals surface area contributed by atoms with Gasteiger partial charge in [0.1, 0.15) is 0 Å². The van der Waals surface area contributed by atoms with Crippen LogP contribution in [0.25, 0.3) is 0 Å². The molecule has 126 valence electrons. The highest BCUT2D eigenvalue weighted by molar-refractivity contribution is 14.1. The third kappa shape index (κ3) is 2.26. The summed E-state index contributed by atoms with van der Waals surface area (Å²) in [6, 6.07) is 0. The molecular formula is C21H29IO. The summed E-state index contributed by atoms with van der Waals surface area (Å²) in [6.07, 6.45) is 14.2. The van der Waals surface area contributed by atoms with Crippen LogP contribution in [-0.2, 0) is 4.79 Å². The van der Waals surface area contributed by atoms with E-state index in [1.54, 1.807) is 0 Å². The number of carbonyl (C=O) groups is 1. The van der Waals surface area contributed by atoms with Gasteiger partial charge in [-0.25, -0.2) is 0 Å². The number of ketones is 1. The third-order valence-corrected chi connectivity index (χ3v) is 9.01. The van der Waals surface area contributed by atoms with Crippen LogP contribution in [0.15, 0.2) is 23.8 Å². The second-order valence-electron chi connectivity index (χ2n) is 9.04.